The van der Waals surface area contributed by atoms with Crippen LogP contribution in [0.1, 0.15) is 19.8 Å². The molecular weight excluding hydrogens is 200 g/mol. The van der Waals surface area contributed by atoms with Gasteiger partial charge in [-0.25, -0.2) is 9.98 Å². The van der Waals surface area contributed by atoms with Gasteiger partial charge in [-0.2, -0.15) is 5.26 Å². The van der Waals surface area contributed by atoms with Gasteiger partial charge in [0.1, 0.15) is 6.34 Å². The van der Waals surface area contributed by atoms with Crippen LogP contribution in [0.4, 0.5) is 0 Å². The van der Waals surface area contributed by atoms with Crippen molar-refractivity contribution in [2.75, 3.05) is 13.1 Å². The zero-order valence-corrected chi connectivity index (χ0v) is 9.50. The third-order valence-electron chi connectivity index (χ3n) is 2.35. The molecule has 1 fully saturated rings. The molecule has 1 heterocycles. The van der Waals surface area contributed by atoms with Crippen molar-refractivity contribution in [1.29, 1.82) is 5.26 Å². The van der Waals surface area contributed by atoms with E-state index in [-0.39, 0.29) is 0 Å². The van der Waals surface area contributed by atoms with E-state index >= 15 is 0 Å². The first-order valence-corrected chi connectivity index (χ1v) is 5.34. The third kappa shape index (κ3) is 4.56. The molecule has 84 valence electrons. The number of hydrogen-bond acceptors (Lipinski definition) is 3. The van der Waals surface area contributed by atoms with E-state index in [4.69, 9.17) is 5.26 Å². The molecule has 0 aromatic rings. The number of likely N-dealkylation sites (tertiary alicyclic amines) is 1. The van der Waals surface area contributed by atoms with Gasteiger partial charge in [0.15, 0.2) is 0 Å². The molecule has 1 rings (SSSR count). The van der Waals surface area contributed by atoms with Gasteiger partial charge in [-0.1, -0.05) is 5.57 Å². The molecule has 0 amide bonds. The standard InChI is InChI=1S/C12H16N4/c1-2-14-11-15-7-10-16-8-4-12(3-6-13)5-9-16/h2-3,7,10-11H,4-5,8-9H2,1H3/b10-7+,14-2-,15-11-. The zero-order valence-electron chi connectivity index (χ0n) is 9.50. The summed E-state index contributed by atoms with van der Waals surface area (Å²) in [5.41, 5.74) is 1.24. The van der Waals surface area contributed by atoms with E-state index in [9.17, 15) is 0 Å². The summed E-state index contributed by atoms with van der Waals surface area (Å²) in [7, 11) is 0. The van der Waals surface area contributed by atoms with Crippen LogP contribution in [0.3, 0.4) is 0 Å². The lowest BCUT2D eigenvalue weighted by molar-refractivity contribution is 0.349. The molecule has 0 atom stereocenters. The van der Waals surface area contributed by atoms with Crippen LogP contribution in [0.5, 0.6) is 0 Å². The van der Waals surface area contributed by atoms with Gasteiger partial charge in [0, 0.05) is 37.8 Å². The van der Waals surface area contributed by atoms with Gasteiger partial charge in [0.25, 0.3) is 0 Å². The molecule has 1 aliphatic rings. The summed E-state index contributed by atoms with van der Waals surface area (Å²) < 4.78 is 0. The molecule has 16 heavy (non-hydrogen) atoms. The lowest BCUT2D eigenvalue weighted by Gasteiger charge is -2.26. The highest BCUT2D eigenvalue weighted by molar-refractivity contribution is 5.70. The summed E-state index contributed by atoms with van der Waals surface area (Å²) in [6.45, 7) is 3.76. The Kier molecular flexibility index (Phi) is 5.64. The van der Waals surface area contributed by atoms with Crippen molar-refractivity contribution in [3.63, 3.8) is 0 Å². The van der Waals surface area contributed by atoms with Gasteiger partial charge in [0.05, 0.1) is 6.07 Å². The number of nitrogens with zero attached hydrogens (tertiary/aromatic N) is 4. The second kappa shape index (κ2) is 7.41. The predicted molar refractivity (Wildman–Crippen MR) is 66.3 cm³/mol. The van der Waals surface area contributed by atoms with Crippen LogP contribution in [0.15, 0.2) is 34.0 Å². The van der Waals surface area contributed by atoms with Gasteiger partial charge in [0.2, 0.25) is 0 Å². The van der Waals surface area contributed by atoms with Crippen LogP contribution in [0.2, 0.25) is 0 Å². The van der Waals surface area contributed by atoms with Crippen molar-refractivity contribution in [1.82, 2.24) is 4.90 Å². The van der Waals surface area contributed by atoms with Crippen LogP contribution < -0.4 is 0 Å². The van der Waals surface area contributed by atoms with Crippen molar-refractivity contribution in [2.24, 2.45) is 9.98 Å². The fraction of sp³-hybridized carbons (Fsp3) is 0.417. The highest BCUT2D eigenvalue weighted by atomic mass is 15.1. The SMILES string of the molecule is C\C=N/C=N\C=C\N1CCC(=CC#N)CC1. The van der Waals surface area contributed by atoms with Crippen LogP contribution >= 0.6 is 0 Å². The summed E-state index contributed by atoms with van der Waals surface area (Å²) in [5.74, 6) is 0. The Balaban J connectivity index is 2.32. The smallest absolute Gasteiger partial charge is 0.114 e. The average molecular weight is 216 g/mol. The summed E-state index contributed by atoms with van der Waals surface area (Å²) in [6, 6.07) is 2.08. The summed E-state index contributed by atoms with van der Waals surface area (Å²) >= 11 is 0. The van der Waals surface area contributed by atoms with Crippen LogP contribution in [-0.4, -0.2) is 30.5 Å². The maximum atomic E-state index is 8.52. The summed E-state index contributed by atoms with van der Waals surface area (Å²) in [6.07, 6.45) is 10.5. The van der Waals surface area contributed by atoms with Gasteiger partial charge in [-0.3, -0.25) is 0 Å². The first-order chi connectivity index (χ1) is 7.86. The van der Waals surface area contributed by atoms with Crippen molar-refractivity contribution in [3.8, 4) is 6.07 Å². The normalized spacial score (nSPS) is 17.5. The van der Waals surface area contributed by atoms with Crippen molar-refractivity contribution in [2.45, 2.75) is 19.8 Å². The molecule has 0 bridgehead atoms. The summed E-state index contributed by atoms with van der Waals surface area (Å²) in [4.78, 5) is 10.1. The Morgan fingerprint density at radius 2 is 2.06 bits per heavy atom. The third-order valence-corrected chi connectivity index (χ3v) is 2.35. The van der Waals surface area contributed by atoms with E-state index in [2.05, 4.69) is 21.0 Å². The minimum atomic E-state index is 0.955. The minimum Gasteiger partial charge on any atom is -0.375 e. The molecule has 1 saturated heterocycles. The first kappa shape index (κ1) is 12.2. The molecule has 0 unspecified atom stereocenters. The maximum absolute atomic E-state index is 8.52. The topological polar surface area (TPSA) is 51.8 Å². The quantitative estimate of drug-likeness (QED) is 0.412. The fourth-order valence-corrected chi connectivity index (χ4v) is 1.47. The van der Waals surface area contributed by atoms with E-state index in [1.165, 1.54) is 11.9 Å². The van der Waals surface area contributed by atoms with E-state index in [1.54, 1.807) is 18.5 Å². The Hall–Kier alpha value is -1.89. The lowest BCUT2D eigenvalue weighted by Crippen LogP contribution is -2.25. The number of rotatable bonds is 3. The van der Waals surface area contributed by atoms with E-state index in [0.29, 0.717) is 0 Å². The zero-order chi connectivity index (χ0) is 11.6. The van der Waals surface area contributed by atoms with Crippen LogP contribution in [0.25, 0.3) is 0 Å². The average Bonchev–Trinajstić information content (AvgIpc) is 2.31. The van der Waals surface area contributed by atoms with Gasteiger partial charge in [-0.05, 0) is 19.8 Å². The molecule has 4 heteroatoms. The van der Waals surface area contributed by atoms with E-state index in [1.807, 2.05) is 13.1 Å². The Morgan fingerprint density at radius 3 is 2.69 bits per heavy atom. The minimum absolute atomic E-state index is 0.955. The van der Waals surface area contributed by atoms with Gasteiger partial charge in [-0.15, -0.1) is 0 Å². The Morgan fingerprint density at radius 1 is 1.31 bits per heavy atom. The lowest BCUT2D eigenvalue weighted by atomic mass is 10.0. The molecule has 0 aromatic carbocycles. The van der Waals surface area contributed by atoms with Crippen molar-refractivity contribution < 1.29 is 0 Å². The monoisotopic (exact) mass is 216 g/mol. The fourth-order valence-electron chi connectivity index (χ4n) is 1.47. The Labute approximate surface area is 96.3 Å². The second-order valence-corrected chi connectivity index (χ2v) is 3.44. The maximum Gasteiger partial charge on any atom is 0.114 e. The second-order valence-electron chi connectivity index (χ2n) is 3.44. The molecular formula is C12H16N4. The van der Waals surface area contributed by atoms with E-state index < -0.39 is 0 Å². The molecule has 0 radical (unpaired) electrons. The molecule has 1 aliphatic heterocycles. The number of hydrogen-bond donors (Lipinski definition) is 0. The number of aliphatic imine (C=N–C) groups is 2. The predicted octanol–water partition coefficient (Wildman–Crippen LogP) is 2.12. The molecule has 0 aliphatic carbocycles. The largest absolute Gasteiger partial charge is 0.375 e. The van der Waals surface area contributed by atoms with Crippen molar-refractivity contribution >= 4 is 12.6 Å². The van der Waals surface area contributed by atoms with Crippen LogP contribution in [0, 0.1) is 11.3 Å². The number of nitriles is 1. The van der Waals surface area contributed by atoms with Crippen LogP contribution in [-0.2, 0) is 0 Å². The summed E-state index contributed by atoms with van der Waals surface area (Å²) in [5, 5.41) is 8.52. The first-order valence-electron chi connectivity index (χ1n) is 5.34. The number of piperidine rings is 1. The molecule has 0 spiro atoms. The van der Waals surface area contributed by atoms with E-state index in [0.717, 1.165) is 25.9 Å². The van der Waals surface area contributed by atoms with Gasteiger partial charge < -0.3 is 4.90 Å². The van der Waals surface area contributed by atoms with Crippen molar-refractivity contribution in [3.05, 3.63) is 24.0 Å². The highest BCUT2D eigenvalue weighted by Crippen LogP contribution is 2.15. The molecule has 4 nitrogen and oxygen atoms in total. The molecule has 0 saturated carbocycles. The molecule has 0 N–H and O–H groups in total. The molecule has 0 aromatic heterocycles. The number of allylic oxidation sites excluding steroid dienone is 1. The Bertz CT molecular complexity index is 348. The van der Waals surface area contributed by atoms with Gasteiger partial charge >= 0.3 is 0 Å². The highest BCUT2D eigenvalue weighted by Gasteiger charge is 2.09.